The molecule has 1 aliphatic heterocycles. The molecular formula is C16H19N5O2S. The summed E-state index contributed by atoms with van der Waals surface area (Å²) in [4.78, 5) is 13.5. The molecule has 0 N–H and O–H groups in total. The first-order chi connectivity index (χ1) is 11.7. The number of ether oxygens (including phenoxy) is 1. The summed E-state index contributed by atoms with van der Waals surface area (Å²) in [5.74, 6) is 2.10. The number of aromatic nitrogens is 4. The lowest BCUT2D eigenvalue weighted by molar-refractivity contribution is 0.117. The average Bonchev–Trinajstić information content (AvgIpc) is 3.30. The van der Waals surface area contributed by atoms with Gasteiger partial charge >= 0.3 is 0 Å². The number of nitrogens with zero attached hydrogens (tertiary/aromatic N) is 5. The van der Waals surface area contributed by atoms with Crippen molar-refractivity contribution in [3.8, 4) is 0 Å². The number of rotatable bonds is 4. The molecule has 1 saturated heterocycles. The summed E-state index contributed by atoms with van der Waals surface area (Å²) in [7, 11) is 1.74. The zero-order valence-corrected chi connectivity index (χ0v) is 14.7. The Kier molecular flexibility index (Phi) is 3.93. The van der Waals surface area contributed by atoms with Gasteiger partial charge in [-0.15, -0.1) is 21.5 Å². The summed E-state index contributed by atoms with van der Waals surface area (Å²) in [5, 5.41) is 9.27. The molecule has 0 spiro atoms. The lowest BCUT2D eigenvalue weighted by Crippen LogP contribution is -2.26. The van der Waals surface area contributed by atoms with Crippen LogP contribution in [0.4, 0.5) is 5.82 Å². The summed E-state index contributed by atoms with van der Waals surface area (Å²) in [6.07, 6.45) is 3.53. The van der Waals surface area contributed by atoms with Gasteiger partial charge in [0.2, 0.25) is 11.8 Å². The molecule has 0 aliphatic carbocycles. The van der Waals surface area contributed by atoms with E-state index in [1.54, 1.807) is 31.7 Å². The van der Waals surface area contributed by atoms with Gasteiger partial charge in [0, 0.05) is 31.9 Å². The van der Waals surface area contributed by atoms with E-state index in [1.165, 1.54) is 4.88 Å². The van der Waals surface area contributed by atoms with E-state index in [-0.39, 0.29) is 12.1 Å². The quantitative estimate of drug-likeness (QED) is 0.719. The molecule has 0 aromatic carbocycles. The predicted molar refractivity (Wildman–Crippen MR) is 91.3 cm³/mol. The second-order valence-electron chi connectivity index (χ2n) is 5.90. The van der Waals surface area contributed by atoms with E-state index in [0.717, 1.165) is 35.4 Å². The predicted octanol–water partition coefficient (Wildman–Crippen LogP) is 2.91. The van der Waals surface area contributed by atoms with Crippen LogP contribution < -0.4 is 4.90 Å². The van der Waals surface area contributed by atoms with Gasteiger partial charge < -0.3 is 14.1 Å². The molecule has 1 aliphatic rings. The van der Waals surface area contributed by atoms with Crippen molar-refractivity contribution in [1.29, 1.82) is 0 Å². The molecule has 126 valence electrons. The fraction of sp³-hybridized carbons (Fsp3) is 0.500. The third-order valence-electron chi connectivity index (χ3n) is 4.40. The molecule has 1 fully saturated rings. The van der Waals surface area contributed by atoms with Crippen molar-refractivity contribution in [2.24, 2.45) is 0 Å². The van der Waals surface area contributed by atoms with Crippen LogP contribution in [0.25, 0.3) is 10.2 Å². The average molecular weight is 345 g/mol. The standard InChI is InChI=1S/C16H19N5O2S/c1-4-11-6-12-14(17-8-18-16(12)24-11)21-7-10(22-3)5-13(21)15-20-19-9(2)23-15/h6,8,10,13H,4-5,7H2,1-3H3/t10-,13+/m0/s1. The first-order valence-corrected chi connectivity index (χ1v) is 8.84. The van der Waals surface area contributed by atoms with Gasteiger partial charge in [-0.3, -0.25) is 0 Å². The molecule has 0 amide bonds. The van der Waals surface area contributed by atoms with Crippen molar-refractivity contribution in [2.45, 2.75) is 38.8 Å². The van der Waals surface area contributed by atoms with E-state index in [0.29, 0.717) is 11.8 Å². The van der Waals surface area contributed by atoms with Crippen LogP contribution in [0.15, 0.2) is 16.8 Å². The van der Waals surface area contributed by atoms with E-state index < -0.39 is 0 Å². The number of fused-ring (bicyclic) bond motifs is 1. The summed E-state index contributed by atoms with van der Waals surface area (Å²) >= 11 is 1.72. The zero-order chi connectivity index (χ0) is 16.7. The molecule has 3 aromatic heterocycles. The Morgan fingerprint density at radius 1 is 1.38 bits per heavy atom. The highest BCUT2D eigenvalue weighted by molar-refractivity contribution is 7.18. The topological polar surface area (TPSA) is 77.2 Å². The monoisotopic (exact) mass is 345 g/mol. The van der Waals surface area contributed by atoms with Gasteiger partial charge in [-0.25, -0.2) is 9.97 Å². The maximum absolute atomic E-state index is 5.69. The Hall–Kier alpha value is -2.06. The highest BCUT2D eigenvalue weighted by atomic mass is 32.1. The molecule has 0 radical (unpaired) electrons. The van der Waals surface area contributed by atoms with Crippen LogP contribution in [0.3, 0.4) is 0 Å². The molecule has 2 atom stereocenters. The van der Waals surface area contributed by atoms with Crippen molar-refractivity contribution < 1.29 is 9.15 Å². The van der Waals surface area contributed by atoms with E-state index >= 15 is 0 Å². The van der Waals surface area contributed by atoms with E-state index in [2.05, 4.69) is 38.1 Å². The molecule has 7 nitrogen and oxygen atoms in total. The highest BCUT2D eigenvalue weighted by Gasteiger charge is 2.38. The van der Waals surface area contributed by atoms with Crippen molar-refractivity contribution in [3.63, 3.8) is 0 Å². The van der Waals surface area contributed by atoms with Gasteiger partial charge in [0.15, 0.2) is 0 Å². The van der Waals surface area contributed by atoms with Gasteiger partial charge in [-0.05, 0) is 12.5 Å². The van der Waals surface area contributed by atoms with E-state index in [1.807, 2.05) is 0 Å². The maximum atomic E-state index is 5.69. The minimum absolute atomic E-state index is 0.0285. The van der Waals surface area contributed by atoms with Crippen LogP contribution >= 0.6 is 11.3 Å². The van der Waals surface area contributed by atoms with Gasteiger partial charge in [0.25, 0.3) is 0 Å². The number of methoxy groups -OCH3 is 1. The Morgan fingerprint density at radius 3 is 2.96 bits per heavy atom. The van der Waals surface area contributed by atoms with Gasteiger partial charge in [0.05, 0.1) is 11.5 Å². The molecule has 4 heterocycles. The molecular weight excluding hydrogens is 326 g/mol. The van der Waals surface area contributed by atoms with Crippen LogP contribution in [0, 0.1) is 6.92 Å². The molecule has 8 heteroatoms. The smallest absolute Gasteiger partial charge is 0.238 e. The summed E-state index contributed by atoms with van der Waals surface area (Å²) in [5.41, 5.74) is 0. The minimum atomic E-state index is -0.0285. The van der Waals surface area contributed by atoms with Crippen molar-refractivity contribution in [1.82, 2.24) is 20.2 Å². The third kappa shape index (κ3) is 2.55. The van der Waals surface area contributed by atoms with Crippen LogP contribution in [-0.4, -0.2) is 39.9 Å². The Labute approximate surface area is 143 Å². The van der Waals surface area contributed by atoms with Gasteiger partial charge in [0.1, 0.15) is 23.0 Å². The van der Waals surface area contributed by atoms with Crippen molar-refractivity contribution in [3.05, 3.63) is 29.1 Å². The number of hydrogen-bond acceptors (Lipinski definition) is 8. The molecule has 24 heavy (non-hydrogen) atoms. The van der Waals surface area contributed by atoms with Crippen LogP contribution in [0.1, 0.15) is 36.0 Å². The van der Waals surface area contributed by atoms with E-state index in [4.69, 9.17) is 9.15 Å². The minimum Gasteiger partial charge on any atom is -0.423 e. The van der Waals surface area contributed by atoms with Crippen LogP contribution in [0.2, 0.25) is 0 Å². The van der Waals surface area contributed by atoms with E-state index in [9.17, 15) is 0 Å². The Bertz CT molecular complexity index is 861. The first-order valence-electron chi connectivity index (χ1n) is 8.02. The molecule has 0 saturated carbocycles. The molecule has 0 bridgehead atoms. The van der Waals surface area contributed by atoms with Crippen molar-refractivity contribution >= 4 is 27.4 Å². The fourth-order valence-electron chi connectivity index (χ4n) is 3.18. The third-order valence-corrected chi connectivity index (χ3v) is 5.59. The largest absolute Gasteiger partial charge is 0.423 e. The molecule has 3 aromatic rings. The lowest BCUT2D eigenvalue weighted by Gasteiger charge is -2.23. The zero-order valence-electron chi connectivity index (χ0n) is 13.9. The normalized spacial score (nSPS) is 21.0. The van der Waals surface area contributed by atoms with Crippen molar-refractivity contribution in [2.75, 3.05) is 18.6 Å². The second-order valence-corrected chi connectivity index (χ2v) is 7.02. The Balaban J connectivity index is 1.79. The maximum Gasteiger partial charge on any atom is 0.238 e. The van der Waals surface area contributed by atoms with Gasteiger partial charge in [-0.2, -0.15) is 0 Å². The second kappa shape index (κ2) is 6.10. The lowest BCUT2D eigenvalue weighted by atomic mass is 10.2. The molecule has 0 unspecified atom stereocenters. The summed E-state index contributed by atoms with van der Waals surface area (Å²) in [6.45, 7) is 4.70. The first kappa shape index (κ1) is 15.5. The summed E-state index contributed by atoms with van der Waals surface area (Å²) < 4.78 is 11.3. The number of hydrogen-bond donors (Lipinski definition) is 0. The van der Waals surface area contributed by atoms with Crippen LogP contribution in [-0.2, 0) is 11.2 Å². The summed E-state index contributed by atoms with van der Waals surface area (Å²) in [6, 6.07) is 2.16. The highest BCUT2D eigenvalue weighted by Crippen LogP contribution is 2.39. The van der Waals surface area contributed by atoms with Gasteiger partial charge in [-0.1, -0.05) is 6.92 Å². The number of thiophene rings is 1. The van der Waals surface area contributed by atoms with Crippen LogP contribution in [0.5, 0.6) is 0 Å². The molecule has 4 rings (SSSR count). The SMILES string of the molecule is CCc1cc2c(N3C[C@@H](OC)C[C@@H]3c3nnc(C)o3)ncnc2s1. The Morgan fingerprint density at radius 2 is 2.25 bits per heavy atom. The number of anilines is 1. The number of aryl methyl sites for hydroxylation is 2. The fourth-order valence-corrected chi connectivity index (χ4v) is 4.11.